The summed E-state index contributed by atoms with van der Waals surface area (Å²) in [5, 5.41) is 97.3. The smallest absolute Gasteiger partial charge is 0.119 e. The number of benzene rings is 1. The van der Waals surface area contributed by atoms with Crippen LogP contribution >= 0.6 is 25.0 Å². The summed E-state index contributed by atoms with van der Waals surface area (Å²) in [6.45, 7) is -2.31. The lowest BCUT2D eigenvalue weighted by Crippen LogP contribution is -2.53. The number of thiol groups is 1. The summed E-state index contributed by atoms with van der Waals surface area (Å²) in [6, 6.07) is 7.13. The molecule has 0 bridgehead atoms. The van der Waals surface area contributed by atoms with Gasteiger partial charge in [0.15, 0.2) is 0 Å². The van der Waals surface area contributed by atoms with Gasteiger partial charge in [-0.25, -0.2) is 0 Å². The lowest BCUT2D eigenvalue weighted by Gasteiger charge is -2.33. The summed E-state index contributed by atoms with van der Waals surface area (Å²) in [5.74, 6) is 1.04. The van der Waals surface area contributed by atoms with Gasteiger partial charge in [0.05, 0.1) is 25.4 Å². The Balaban J connectivity index is 0.0000116. The maximum Gasteiger partial charge on any atom is 0.119 e. The average Bonchev–Trinajstić information content (AvgIpc) is 2.85. The van der Waals surface area contributed by atoms with Crippen LogP contribution in [0, 0.1) is 0 Å². The van der Waals surface area contributed by atoms with Crippen LogP contribution in [0.3, 0.4) is 0 Å². The minimum atomic E-state index is -1.85. The highest BCUT2D eigenvalue weighted by atomic mass is 35.5. The predicted molar refractivity (Wildman–Crippen MR) is 131 cm³/mol. The first kappa shape index (κ1) is 34.2. The Morgan fingerprint density at radius 3 is 1.63 bits per heavy atom. The molecule has 0 aliphatic heterocycles. The van der Waals surface area contributed by atoms with Crippen LogP contribution in [0.4, 0.5) is 0 Å². The van der Waals surface area contributed by atoms with Gasteiger partial charge in [0, 0.05) is 25.4 Å². The fraction of sp³-hybridized carbons (Fsp3) is 0.714. The molecule has 0 spiro atoms. The molecule has 35 heavy (non-hydrogen) atoms. The zero-order valence-electron chi connectivity index (χ0n) is 19.1. The monoisotopic (exact) mass is 547 g/mol. The molecule has 1 rings (SSSR count). The molecular weight excluding hydrogens is 510 g/mol. The van der Waals surface area contributed by atoms with E-state index in [4.69, 9.17) is 14.9 Å². The van der Waals surface area contributed by atoms with Gasteiger partial charge in [-0.15, -0.1) is 12.4 Å². The molecule has 0 unspecified atom stereocenters. The number of ether oxygens (including phenoxy) is 1. The van der Waals surface area contributed by atoms with E-state index in [-0.39, 0.29) is 38.6 Å². The van der Waals surface area contributed by atoms with E-state index < -0.39 is 62.0 Å². The molecule has 14 heteroatoms. The first-order valence-corrected chi connectivity index (χ1v) is 11.4. The fourth-order valence-corrected chi connectivity index (χ4v) is 3.35. The second-order valence-electron chi connectivity index (χ2n) is 8.01. The van der Waals surface area contributed by atoms with Gasteiger partial charge in [0.25, 0.3) is 0 Å². The zero-order chi connectivity index (χ0) is 25.8. The van der Waals surface area contributed by atoms with Gasteiger partial charge in [-0.2, -0.15) is 12.6 Å². The second kappa shape index (κ2) is 17.6. The minimum Gasteiger partial charge on any atom is -0.492 e. The van der Waals surface area contributed by atoms with Crippen molar-refractivity contribution in [3.05, 3.63) is 29.8 Å². The van der Waals surface area contributed by atoms with E-state index in [1.807, 2.05) is 6.07 Å². The molecule has 0 aliphatic rings. The summed E-state index contributed by atoms with van der Waals surface area (Å²) < 4.78 is 5.66. The third-order valence-corrected chi connectivity index (χ3v) is 5.66. The third-order valence-electron chi connectivity index (χ3n) is 5.30. The van der Waals surface area contributed by atoms with E-state index in [2.05, 4.69) is 12.6 Å². The number of hydrogen-bond donors (Lipinski definition) is 11. The molecule has 0 saturated heterocycles. The Morgan fingerprint density at radius 1 is 0.743 bits per heavy atom. The van der Waals surface area contributed by atoms with Gasteiger partial charge >= 0.3 is 0 Å². The van der Waals surface area contributed by atoms with E-state index in [9.17, 15) is 40.9 Å². The Morgan fingerprint density at radius 2 is 1.20 bits per heavy atom. The van der Waals surface area contributed by atoms with Crippen LogP contribution in [-0.4, -0.2) is 144 Å². The first-order chi connectivity index (χ1) is 16.0. The maximum atomic E-state index is 10.3. The number of halogens is 1. The van der Waals surface area contributed by atoms with Crippen molar-refractivity contribution in [2.45, 2.75) is 54.6 Å². The van der Waals surface area contributed by atoms with Gasteiger partial charge in [-0.3, -0.25) is 4.90 Å². The van der Waals surface area contributed by atoms with Crippen molar-refractivity contribution in [1.29, 1.82) is 0 Å². The van der Waals surface area contributed by atoms with Crippen LogP contribution in [0.2, 0.25) is 0 Å². The van der Waals surface area contributed by atoms with Crippen molar-refractivity contribution in [2.24, 2.45) is 0 Å². The van der Waals surface area contributed by atoms with E-state index in [1.165, 1.54) is 4.90 Å². The van der Waals surface area contributed by atoms with Crippen molar-refractivity contribution >= 4 is 25.0 Å². The van der Waals surface area contributed by atoms with Crippen LogP contribution in [0.5, 0.6) is 5.75 Å². The Kier molecular flexibility index (Phi) is 17.2. The molecule has 206 valence electrons. The fourth-order valence-electron chi connectivity index (χ4n) is 3.15. The van der Waals surface area contributed by atoms with Crippen molar-refractivity contribution < 1.29 is 55.8 Å². The summed E-state index contributed by atoms with van der Waals surface area (Å²) >= 11 is 4.20. The van der Waals surface area contributed by atoms with E-state index >= 15 is 0 Å². The van der Waals surface area contributed by atoms with E-state index in [0.717, 1.165) is 5.56 Å². The highest BCUT2D eigenvalue weighted by Gasteiger charge is 2.34. The highest BCUT2D eigenvalue weighted by molar-refractivity contribution is 7.79. The van der Waals surface area contributed by atoms with Crippen molar-refractivity contribution in [3.8, 4) is 5.75 Å². The standard InChI is InChI=1S/C21H37NO11S.ClH/c23-9-16(27)20(31)18(29)14(25)7-22(8-15(26)19(30)21(32)17(28)10-24)4-5-33-13-3-1-2-12(6-13)11-34;/h1-3,6,14-21,23-32,34H,4-5,7-11H2;1H/t14-,15-,16+,17+,18+,19+,20+,21+;/m0./s1. The normalized spacial score (nSPS) is 18.6. The number of nitrogens with zero attached hydrogens (tertiary/aromatic N) is 1. The van der Waals surface area contributed by atoms with Crippen LogP contribution in [0.1, 0.15) is 5.56 Å². The van der Waals surface area contributed by atoms with E-state index in [0.29, 0.717) is 11.5 Å². The first-order valence-electron chi connectivity index (χ1n) is 10.8. The quantitative estimate of drug-likeness (QED) is 0.0844. The average molecular weight is 548 g/mol. The molecule has 0 aromatic heterocycles. The molecule has 1 aromatic rings. The van der Waals surface area contributed by atoms with Crippen LogP contribution in [-0.2, 0) is 5.75 Å². The number of hydrogen-bond acceptors (Lipinski definition) is 13. The molecule has 8 atom stereocenters. The molecule has 0 radical (unpaired) electrons. The minimum absolute atomic E-state index is 0. The molecule has 12 nitrogen and oxygen atoms in total. The molecule has 1 aromatic carbocycles. The van der Waals surface area contributed by atoms with Crippen LogP contribution in [0.25, 0.3) is 0 Å². The van der Waals surface area contributed by atoms with E-state index in [1.54, 1.807) is 18.2 Å². The molecule has 0 fully saturated rings. The van der Waals surface area contributed by atoms with Crippen LogP contribution in [0.15, 0.2) is 24.3 Å². The third kappa shape index (κ3) is 11.4. The Bertz CT molecular complexity index is 664. The van der Waals surface area contributed by atoms with Crippen molar-refractivity contribution in [1.82, 2.24) is 4.90 Å². The van der Waals surface area contributed by atoms with Crippen LogP contribution < -0.4 is 4.74 Å². The van der Waals surface area contributed by atoms with Gasteiger partial charge < -0.3 is 55.8 Å². The SMILES string of the molecule is Cl.OC[C@@H](O)[C@@H](O)[C@H](O)[C@@H](O)CN(CCOc1cccc(CS)c1)C[C@H](O)[C@@H](O)[C@H](O)[C@H](O)CO. The number of aliphatic hydroxyl groups excluding tert-OH is 10. The largest absolute Gasteiger partial charge is 0.492 e. The second-order valence-corrected chi connectivity index (χ2v) is 8.33. The lowest BCUT2D eigenvalue weighted by molar-refractivity contribution is -0.130. The molecule has 0 saturated carbocycles. The molecular formula is C21H38ClNO11S. The summed E-state index contributed by atoms with van der Waals surface area (Å²) in [7, 11) is 0. The van der Waals surface area contributed by atoms with Gasteiger partial charge in [-0.1, -0.05) is 12.1 Å². The van der Waals surface area contributed by atoms with Gasteiger partial charge in [-0.05, 0) is 17.7 Å². The number of aliphatic hydroxyl groups is 10. The summed E-state index contributed by atoms with van der Waals surface area (Å²) in [6.07, 6.45) is -14.0. The topological polar surface area (TPSA) is 215 Å². The highest BCUT2D eigenvalue weighted by Crippen LogP contribution is 2.15. The molecule has 10 N–H and O–H groups in total. The van der Waals surface area contributed by atoms with Gasteiger partial charge in [0.1, 0.15) is 49.0 Å². The van der Waals surface area contributed by atoms with Crippen molar-refractivity contribution in [3.63, 3.8) is 0 Å². The molecule has 0 aliphatic carbocycles. The predicted octanol–water partition coefficient (Wildman–Crippen LogP) is -3.91. The molecule has 0 heterocycles. The Labute approximate surface area is 215 Å². The Hall–Kier alpha value is -0.780. The summed E-state index contributed by atoms with van der Waals surface area (Å²) in [4.78, 5) is 1.36. The van der Waals surface area contributed by atoms with Gasteiger partial charge in [0.2, 0.25) is 0 Å². The van der Waals surface area contributed by atoms with Crippen molar-refractivity contribution in [2.75, 3.05) is 39.5 Å². The lowest BCUT2D eigenvalue weighted by atomic mass is 10.0. The summed E-state index contributed by atoms with van der Waals surface area (Å²) in [5.41, 5.74) is 0.919. The molecule has 0 amide bonds. The maximum absolute atomic E-state index is 10.3. The number of rotatable bonds is 17. The zero-order valence-corrected chi connectivity index (χ0v) is 20.8.